The highest BCUT2D eigenvalue weighted by atomic mass is 32.2. The van der Waals surface area contributed by atoms with Crippen LogP contribution in [0, 0.1) is 0 Å². The van der Waals surface area contributed by atoms with Gasteiger partial charge in [-0.05, 0) is 56.9 Å². The quantitative estimate of drug-likeness (QED) is 0.777. The number of benzene rings is 1. The highest BCUT2D eigenvalue weighted by Crippen LogP contribution is 2.22. The van der Waals surface area contributed by atoms with Crippen LogP contribution in [-0.2, 0) is 10.0 Å². The highest BCUT2D eigenvalue weighted by Gasteiger charge is 2.18. The van der Waals surface area contributed by atoms with Gasteiger partial charge in [-0.15, -0.1) is 0 Å². The van der Waals surface area contributed by atoms with Gasteiger partial charge in [0, 0.05) is 23.5 Å². The van der Waals surface area contributed by atoms with E-state index >= 15 is 0 Å². The lowest BCUT2D eigenvalue weighted by atomic mass is 9.92. The molecule has 112 valence electrons. The Morgan fingerprint density at radius 1 is 1.10 bits per heavy atom. The van der Waals surface area contributed by atoms with Crippen molar-refractivity contribution in [3.8, 4) is 0 Å². The molecule has 1 aliphatic rings. The van der Waals surface area contributed by atoms with E-state index in [1.807, 2.05) is 12.1 Å². The minimum Gasteiger partial charge on any atom is -0.382 e. The average molecular weight is 297 g/mol. The molecular formula is C14H23N3O2S. The Balaban J connectivity index is 1.91. The van der Waals surface area contributed by atoms with E-state index in [0.717, 1.165) is 31.4 Å². The van der Waals surface area contributed by atoms with E-state index < -0.39 is 10.0 Å². The molecule has 0 spiro atoms. The summed E-state index contributed by atoms with van der Waals surface area (Å²) in [6, 6.07) is 8.19. The van der Waals surface area contributed by atoms with Crippen molar-refractivity contribution in [1.29, 1.82) is 0 Å². The molecule has 4 N–H and O–H groups in total. The summed E-state index contributed by atoms with van der Waals surface area (Å²) in [5.41, 5.74) is 7.51. The first-order valence-corrected chi connectivity index (χ1v) is 8.76. The third kappa shape index (κ3) is 4.38. The average Bonchev–Trinajstić information content (AvgIpc) is 2.43. The molecule has 0 bridgehead atoms. The second kappa shape index (κ2) is 6.45. The molecule has 0 amide bonds. The van der Waals surface area contributed by atoms with Crippen LogP contribution in [0.4, 0.5) is 11.4 Å². The summed E-state index contributed by atoms with van der Waals surface area (Å²) in [6.07, 6.45) is 4.30. The van der Waals surface area contributed by atoms with Crippen LogP contribution in [0.2, 0.25) is 0 Å². The predicted molar refractivity (Wildman–Crippen MR) is 83.4 cm³/mol. The van der Waals surface area contributed by atoms with Crippen molar-refractivity contribution >= 4 is 21.4 Å². The van der Waals surface area contributed by atoms with Crippen LogP contribution in [0.1, 0.15) is 32.6 Å². The molecule has 0 saturated heterocycles. The number of nitrogens with two attached hydrogens (primary N) is 1. The largest absolute Gasteiger partial charge is 0.382 e. The number of hydrogen-bond donors (Lipinski definition) is 3. The van der Waals surface area contributed by atoms with E-state index in [4.69, 9.17) is 5.73 Å². The maximum atomic E-state index is 11.5. The van der Waals surface area contributed by atoms with Crippen LogP contribution in [0.15, 0.2) is 24.3 Å². The van der Waals surface area contributed by atoms with Gasteiger partial charge in [0.05, 0.1) is 5.75 Å². The van der Waals surface area contributed by atoms with Crippen molar-refractivity contribution < 1.29 is 8.42 Å². The molecule has 2 rings (SSSR count). The van der Waals surface area contributed by atoms with Gasteiger partial charge < -0.3 is 11.1 Å². The Morgan fingerprint density at radius 3 is 2.20 bits per heavy atom. The fourth-order valence-electron chi connectivity index (χ4n) is 2.39. The Labute approximate surface area is 121 Å². The summed E-state index contributed by atoms with van der Waals surface area (Å²) in [5.74, 6) is 0.0787. The van der Waals surface area contributed by atoms with Gasteiger partial charge in [0.1, 0.15) is 0 Å². The normalized spacial score (nSPS) is 23.3. The van der Waals surface area contributed by atoms with Crippen LogP contribution in [0.5, 0.6) is 0 Å². The first kappa shape index (κ1) is 15.1. The van der Waals surface area contributed by atoms with Gasteiger partial charge >= 0.3 is 0 Å². The molecule has 6 heteroatoms. The fourth-order valence-corrected chi connectivity index (χ4v) is 3.02. The van der Waals surface area contributed by atoms with Gasteiger partial charge in [0.15, 0.2) is 0 Å². The van der Waals surface area contributed by atoms with Gasteiger partial charge in [-0.25, -0.2) is 8.42 Å². The SMILES string of the molecule is CCS(=O)(=O)Nc1ccc(NC2CCC(N)CC2)cc1. The van der Waals surface area contributed by atoms with Crippen LogP contribution < -0.4 is 15.8 Å². The zero-order valence-corrected chi connectivity index (χ0v) is 12.6. The first-order valence-electron chi connectivity index (χ1n) is 7.11. The number of sulfonamides is 1. The molecule has 5 nitrogen and oxygen atoms in total. The van der Waals surface area contributed by atoms with Crippen molar-refractivity contribution in [1.82, 2.24) is 0 Å². The zero-order valence-electron chi connectivity index (χ0n) is 11.8. The molecule has 0 radical (unpaired) electrons. The lowest BCUT2D eigenvalue weighted by molar-refractivity contribution is 0.411. The molecule has 1 aromatic rings. The minimum absolute atomic E-state index is 0.0787. The molecule has 0 unspecified atom stereocenters. The second-order valence-electron chi connectivity index (χ2n) is 5.34. The van der Waals surface area contributed by atoms with Gasteiger partial charge in [-0.1, -0.05) is 0 Å². The van der Waals surface area contributed by atoms with Crippen LogP contribution in [0.3, 0.4) is 0 Å². The van der Waals surface area contributed by atoms with Crippen molar-refractivity contribution in [2.45, 2.75) is 44.7 Å². The Hall–Kier alpha value is -1.27. The molecule has 0 atom stereocenters. The number of anilines is 2. The van der Waals surface area contributed by atoms with E-state index in [9.17, 15) is 8.42 Å². The molecule has 0 heterocycles. The molecule has 0 aromatic heterocycles. The van der Waals surface area contributed by atoms with Crippen molar-refractivity contribution in [3.05, 3.63) is 24.3 Å². The lowest BCUT2D eigenvalue weighted by Gasteiger charge is -2.27. The van der Waals surface area contributed by atoms with E-state index in [1.165, 1.54) is 0 Å². The Kier molecular flexibility index (Phi) is 4.88. The molecule has 1 aromatic carbocycles. The summed E-state index contributed by atoms with van der Waals surface area (Å²) in [7, 11) is -3.20. The molecule has 1 saturated carbocycles. The van der Waals surface area contributed by atoms with Gasteiger partial charge in [0.2, 0.25) is 10.0 Å². The molecule has 0 aliphatic heterocycles. The summed E-state index contributed by atoms with van der Waals surface area (Å²) < 4.78 is 25.5. The second-order valence-corrected chi connectivity index (χ2v) is 7.35. The minimum atomic E-state index is -3.20. The van der Waals surface area contributed by atoms with Gasteiger partial charge in [0.25, 0.3) is 0 Å². The Morgan fingerprint density at radius 2 is 1.65 bits per heavy atom. The first-order chi connectivity index (χ1) is 9.48. The van der Waals surface area contributed by atoms with Crippen LogP contribution >= 0.6 is 0 Å². The number of hydrogen-bond acceptors (Lipinski definition) is 4. The van der Waals surface area contributed by atoms with Crippen LogP contribution in [-0.4, -0.2) is 26.3 Å². The van der Waals surface area contributed by atoms with E-state index in [0.29, 0.717) is 17.8 Å². The van der Waals surface area contributed by atoms with Crippen molar-refractivity contribution in [2.24, 2.45) is 5.73 Å². The molecule has 1 fully saturated rings. The highest BCUT2D eigenvalue weighted by molar-refractivity contribution is 7.92. The number of rotatable bonds is 5. The predicted octanol–water partition coefficient (Wildman–Crippen LogP) is 2.13. The Bertz CT molecular complexity index is 520. The van der Waals surface area contributed by atoms with Gasteiger partial charge in [-0.2, -0.15) is 0 Å². The van der Waals surface area contributed by atoms with Crippen LogP contribution in [0.25, 0.3) is 0 Å². The maximum absolute atomic E-state index is 11.5. The number of nitrogens with one attached hydrogen (secondary N) is 2. The van der Waals surface area contributed by atoms with Gasteiger partial charge in [-0.3, -0.25) is 4.72 Å². The third-order valence-electron chi connectivity index (χ3n) is 3.68. The van der Waals surface area contributed by atoms with Crippen molar-refractivity contribution in [3.63, 3.8) is 0 Å². The molecule has 1 aliphatic carbocycles. The summed E-state index contributed by atoms with van der Waals surface area (Å²) in [5, 5.41) is 3.47. The lowest BCUT2D eigenvalue weighted by Crippen LogP contribution is -2.32. The summed E-state index contributed by atoms with van der Waals surface area (Å²) in [6.45, 7) is 1.62. The molecular weight excluding hydrogens is 274 g/mol. The monoisotopic (exact) mass is 297 g/mol. The standard InChI is InChI=1S/C14H23N3O2S/c1-2-20(18,19)17-14-9-7-13(8-10-14)16-12-5-3-11(15)4-6-12/h7-12,16-17H,2-6,15H2,1H3. The van der Waals surface area contributed by atoms with E-state index in [-0.39, 0.29) is 5.75 Å². The fraction of sp³-hybridized carbons (Fsp3) is 0.571. The topological polar surface area (TPSA) is 84.2 Å². The third-order valence-corrected chi connectivity index (χ3v) is 4.99. The van der Waals surface area contributed by atoms with E-state index in [2.05, 4.69) is 10.0 Å². The summed E-state index contributed by atoms with van der Waals surface area (Å²) in [4.78, 5) is 0. The van der Waals surface area contributed by atoms with Crippen molar-refractivity contribution in [2.75, 3.05) is 15.8 Å². The maximum Gasteiger partial charge on any atom is 0.232 e. The van der Waals surface area contributed by atoms with E-state index in [1.54, 1.807) is 19.1 Å². The smallest absolute Gasteiger partial charge is 0.232 e. The molecule has 20 heavy (non-hydrogen) atoms. The summed E-state index contributed by atoms with van der Waals surface area (Å²) >= 11 is 0. The zero-order chi connectivity index (χ0) is 14.6.